The number of halogens is 2. The molecule has 0 spiro atoms. The van der Waals surface area contributed by atoms with Crippen LogP contribution in [0.5, 0.6) is 0 Å². The van der Waals surface area contributed by atoms with Gasteiger partial charge in [0.05, 0.1) is 23.7 Å². The van der Waals surface area contributed by atoms with Crippen molar-refractivity contribution in [2.24, 2.45) is 0 Å². The second-order valence-corrected chi connectivity index (χ2v) is 9.64. The second kappa shape index (κ2) is 10.5. The molecule has 10 nitrogen and oxygen atoms in total. The molecule has 1 aliphatic carbocycles. The van der Waals surface area contributed by atoms with Crippen LogP contribution in [-0.4, -0.2) is 48.4 Å². The van der Waals surface area contributed by atoms with Crippen LogP contribution in [0.2, 0.25) is 0 Å². The van der Waals surface area contributed by atoms with Crippen LogP contribution in [0.4, 0.5) is 14.6 Å². The van der Waals surface area contributed by atoms with E-state index in [1.807, 2.05) is 0 Å². The van der Waals surface area contributed by atoms with Crippen molar-refractivity contribution in [1.82, 2.24) is 35.7 Å². The lowest BCUT2D eigenvalue weighted by Gasteiger charge is -2.31. The molecular weight excluding hydrogens is 516 g/mol. The van der Waals surface area contributed by atoms with Gasteiger partial charge in [0.15, 0.2) is 17.3 Å². The number of carbonyl (C=O) groups excluding carboxylic acids is 1. The quantitative estimate of drug-likeness (QED) is 0.244. The van der Waals surface area contributed by atoms with E-state index in [0.717, 1.165) is 25.5 Å². The molecular formula is C28H23F2N9O. The number of aromatic amines is 2. The summed E-state index contributed by atoms with van der Waals surface area (Å²) in [6.07, 6.45) is 6.92. The van der Waals surface area contributed by atoms with Crippen molar-refractivity contribution in [1.29, 1.82) is 5.26 Å². The number of nitrogens with one attached hydrogen (secondary N) is 4. The summed E-state index contributed by atoms with van der Waals surface area (Å²) in [5, 5.41) is 26.6. The maximum Gasteiger partial charge on any atom is 0.273 e. The average molecular weight is 540 g/mol. The van der Waals surface area contributed by atoms with E-state index in [2.05, 4.69) is 47.1 Å². The number of nitrogens with zero attached hydrogens (tertiary/aromatic N) is 5. The number of anilines is 1. The van der Waals surface area contributed by atoms with Crippen molar-refractivity contribution in [3.8, 4) is 28.5 Å². The van der Waals surface area contributed by atoms with E-state index in [4.69, 9.17) is 0 Å². The fraction of sp³-hybridized carbons (Fsp3) is 0.214. The summed E-state index contributed by atoms with van der Waals surface area (Å²) < 4.78 is 30.3. The van der Waals surface area contributed by atoms with E-state index in [1.165, 1.54) is 12.3 Å². The number of hydrogen-bond acceptors (Lipinski definition) is 7. The third kappa shape index (κ3) is 4.73. The van der Waals surface area contributed by atoms with Gasteiger partial charge in [0.25, 0.3) is 5.91 Å². The number of nitriles is 1. The van der Waals surface area contributed by atoms with E-state index < -0.39 is 11.6 Å². The summed E-state index contributed by atoms with van der Waals surface area (Å²) >= 11 is 0. The monoisotopic (exact) mass is 539 g/mol. The lowest BCUT2D eigenvalue weighted by molar-refractivity contribution is 0.0921. The summed E-state index contributed by atoms with van der Waals surface area (Å²) in [5.74, 6) is -1.57. The zero-order valence-corrected chi connectivity index (χ0v) is 21.1. The number of amides is 1. The Morgan fingerprint density at radius 3 is 2.73 bits per heavy atom. The predicted molar refractivity (Wildman–Crippen MR) is 143 cm³/mol. The molecule has 6 rings (SSSR count). The van der Waals surface area contributed by atoms with Gasteiger partial charge in [-0.1, -0.05) is 35.5 Å². The minimum atomic E-state index is -0.663. The van der Waals surface area contributed by atoms with Crippen LogP contribution in [0, 0.1) is 23.0 Å². The van der Waals surface area contributed by atoms with E-state index >= 15 is 4.39 Å². The van der Waals surface area contributed by atoms with Crippen LogP contribution < -0.4 is 10.6 Å². The smallest absolute Gasteiger partial charge is 0.273 e. The van der Waals surface area contributed by atoms with Crippen LogP contribution in [0.3, 0.4) is 0 Å². The summed E-state index contributed by atoms with van der Waals surface area (Å²) in [6.45, 7) is 0. The Kier molecular flexibility index (Phi) is 6.61. The van der Waals surface area contributed by atoms with E-state index in [9.17, 15) is 14.4 Å². The van der Waals surface area contributed by atoms with Gasteiger partial charge in [0.1, 0.15) is 17.5 Å². The number of pyridine rings is 2. The van der Waals surface area contributed by atoms with Crippen LogP contribution in [0.1, 0.15) is 41.7 Å². The molecule has 2 unspecified atom stereocenters. The first-order chi connectivity index (χ1) is 19.5. The molecule has 12 heteroatoms. The highest BCUT2D eigenvalue weighted by Crippen LogP contribution is 2.39. The predicted octanol–water partition coefficient (Wildman–Crippen LogP) is 4.71. The molecule has 0 saturated heterocycles. The van der Waals surface area contributed by atoms with Gasteiger partial charge in [-0.15, -0.1) is 5.10 Å². The van der Waals surface area contributed by atoms with Gasteiger partial charge in [0.2, 0.25) is 0 Å². The highest BCUT2D eigenvalue weighted by atomic mass is 19.1. The number of hydrogen-bond donors (Lipinski definition) is 4. The number of benzene rings is 1. The molecule has 40 heavy (non-hydrogen) atoms. The topological polar surface area (TPSA) is 148 Å². The standard InChI is InChI=1S/C28H23F2N9O/c29-16-9-19-21(13-33-26(19)32-12-16)25-20(11-31)23(15-5-2-1-3-6-15)24(30)27(37-25)35-17-7-4-8-18(10-17)36-28(40)22-14-34-39-38-22/h1-3,5-6,9,12-14,17-18H,4,7-8,10H2,(H,32,33)(H,35,37)(H,36,40)(H,34,38,39). The van der Waals surface area contributed by atoms with E-state index in [1.54, 1.807) is 36.5 Å². The Morgan fingerprint density at radius 2 is 1.95 bits per heavy atom. The summed E-state index contributed by atoms with van der Waals surface area (Å²) in [4.78, 5) is 24.1. The molecule has 1 fully saturated rings. The Labute approximate surface area is 226 Å². The summed E-state index contributed by atoms with van der Waals surface area (Å²) in [5.41, 5.74) is 1.88. The Bertz CT molecular complexity index is 1730. The van der Waals surface area contributed by atoms with Gasteiger partial charge in [-0.2, -0.15) is 5.26 Å². The fourth-order valence-electron chi connectivity index (χ4n) is 5.23. The zero-order chi connectivity index (χ0) is 27.6. The van der Waals surface area contributed by atoms with Gasteiger partial charge < -0.3 is 15.6 Å². The van der Waals surface area contributed by atoms with E-state index in [0.29, 0.717) is 28.6 Å². The maximum absolute atomic E-state index is 16.2. The SMILES string of the molecule is N#Cc1c(-c2c[nH]c3ncc(F)cc23)nc(NC2CCCC(NC(=O)c3c[nH]nn3)C2)c(F)c1-c1ccccc1. The van der Waals surface area contributed by atoms with Gasteiger partial charge in [-0.3, -0.25) is 9.89 Å². The van der Waals surface area contributed by atoms with Gasteiger partial charge in [-0.25, -0.2) is 18.7 Å². The van der Waals surface area contributed by atoms with Gasteiger partial charge in [0, 0.05) is 34.8 Å². The fourth-order valence-corrected chi connectivity index (χ4v) is 5.23. The highest BCUT2D eigenvalue weighted by molar-refractivity contribution is 5.96. The Hall–Kier alpha value is -5.18. The molecule has 0 aliphatic heterocycles. The number of aromatic nitrogens is 6. The number of H-pyrrole nitrogens is 2. The molecule has 1 aromatic carbocycles. The molecule has 4 N–H and O–H groups in total. The summed E-state index contributed by atoms with van der Waals surface area (Å²) in [7, 11) is 0. The molecule has 1 amide bonds. The molecule has 2 atom stereocenters. The number of carbonyl (C=O) groups is 1. The summed E-state index contributed by atoms with van der Waals surface area (Å²) in [6, 6.07) is 11.8. The molecule has 5 aromatic rings. The molecule has 0 bridgehead atoms. The lowest BCUT2D eigenvalue weighted by atomic mass is 9.90. The van der Waals surface area contributed by atoms with Gasteiger partial charge in [-0.05, 0) is 37.3 Å². The normalized spacial score (nSPS) is 16.9. The maximum atomic E-state index is 16.2. The first-order valence-corrected chi connectivity index (χ1v) is 12.8. The van der Waals surface area contributed by atoms with Crippen molar-refractivity contribution in [3.05, 3.63) is 77.9 Å². The minimum absolute atomic E-state index is 0.0277. The van der Waals surface area contributed by atoms with Crippen molar-refractivity contribution < 1.29 is 13.6 Å². The molecule has 200 valence electrons. The first kappa shape index (κ1) is 25.1. The Morgan fingerprint density at radius 1 is 1.12 bits per heavy atom. The zero-order valence-electron chi connectivity index (χ0n) is 21.1. The molecule has 4 heterocycles. The molecule has 0 radical (unpaired) electrons. The minimum Gasteiger partial charge on any atom is -0.365 e. The average Bonchev–Trinajstić information content (AvgIpc) is 3.65. The number of rotatable bonds is 6. The van der Waals surface area contributed by atoms with Crippen LogP contribution >= 0.6 is 0 Å². The highest BCUT2D eigenvalue weighted by Gasteiger charge is 2.28. The third-order valence-corrected chi connectivity index (χ3v) is 7.06. The van der Waals surface area contributed by atoms with Crippen molar-refractivity contribution in [2.75, 3.05) is 5.32 Å². The van der Waals surface area contributed by atoms with Crippen LogP contribution in [0.15, 0.2) is 55.0 Å². The first-order valence-electron chi connectivity index (χ1n) is 12.8. The van der Waals surface area contributed by atoms with Crippen molar-refractivity contribution in [3.63, 3.8) is 0 Å². The molecule has 1 aliphatic rings. The number of fused-ring (bicyclic) bond motifs is 1. The molecule has 1 saturated carbocycles. The van der Waals surface area contributed by atoms with Crippen molar-refractivity contribution >= 4 is 22.8 Å². The third-order valence-electron chi connectivity index (χ3n) is 7.06. The van der Waals surface area contributed by atoms with Gasteiger partial charge >= 0.3 is 0 Å². The van der Waals surface area contributed by atoms with Crippen LogP contribution in [0.25, 0.3) is 33.4 Å². The largest absolute Gasteiger partial charge is 0.365 e. The molecule has 4 aromatic heterocycles. The van der Waals surface area contributed by atoms with E-state index in [-0.39, 0.29) is 46.3 Å². The lowest BCUT2D eigenvalue weighted by Crippen LogP contribution is -2.42. The Balaban J connectivity index is 1.40. The second-order valence-electron chi connectivity index (χ2n) is 9.64. The van der Waals surface area contributed by atoms with Crippen LogP contribution in [-0.2, 0) is 0 Å². The van der Waals surface area contributed by atoms with Crippen molar-refractivity contribution in [2.45, 2.75) is 37.8 Å².